The summed E-state index contributed by atoms with van der Waals surface area (Å²) >= 11 is 0. The second-order valence-corrected chi connectivity index (χ2v) is 4.93. The van der Waals surface area contributed by atoms with Gasteiger partial charge in [0.05, 0.1) is 6.54 Å². The molecule has 1 fully saturated rings. The van der Waals surface area contributed by atoms with Crippen LogP contribution in [0.1, 0.15) is 24.8 Å². The Bertz CT molecular complexity index is 369. The molecule has 0 spiro atoms. The Kier molecular flexibility index (Phi) is 4.30. The van der Waals surface area contributed by atoms with E-state index in [-0.39, 0.29) is 30.7 Å². The summed E-state index contributed by atoms with van der Waals surface area (Å²) in [4.78, 5) is 0. The van der Waals surface area contributed by atoms with Crippen LogP contribution in [0, 0.1) is 5.92 Å². The minimum absolute atomic E-state index is 0.0181. The Morgan fingerprint density at radius 1 is 1.22 bits per heavy atom. The lowest BCUT2D eigenvalue weighted by molar-refractivity contribution is -0.00766. The van der Waals surface area contributed by atoms with Gasteiger partial charge in [0.15, 0.2) is 0 Å². The highest BCUT2D eigenvalue weighted by molar-refractivity contribution is 5.20. The minimum atomic E-state index is -2.86. The van der Waals surface area contributed by atoms with Gasteiger partial charge in [0.2, 0.25) is 0 Å². The fourth-order valence-corrected chi connectivity index (χ4v) is 2.57. The van der Waals surface area contributed by atoms with Crippen molar-refractivity contribution >= 4 is 0 Å². The first kappa shape index (κ1) is 13.4. The van der Waals surface area contributed by atoms with E-state index >= 15 is 0 Å². The summed E-state index contributed by atoms with van der Waals surface area (Å²) in [6.07, 6.45) is 2.79. The van der Waals surface area contributed by atoms with E-state index in [1.807, 2.05) is 0 Å². The lowest BCUT2D eigenvalue weighted by atomic mass is 10.0. The van der Waals surface area contributed by atoms with Gasteiger partial charge in [-0.2, -0.15) is 8.78 Å². The highest BCUT2D eigenvalue weighted by atomic mass is 19.3. The predicted molar refractivity (Wildman–Crippen MR) is 66.6 cm³/mol. The van der Waals surface area contributed by atoms with Gasteiger partial charge in [0.25, 0.3) is 5.92 Å². The molecule has 2 nitrogen and oxygen atoms in total. The van der Waals surface area contributed by atoms with Crippen molar-refractivity contribution in [3.8, 4) is 0 Å². The maximum absolute atomic E-state index is 13.9. The molecule has 1 saturated carbocycles. The SMILES string of the molecule is OCC1CCCC1NCC(F)(F)c1ccccc1. The van der Waals surface area contributed by atoms with Crippen LogP contribution in [0.4, 0.5) is 8.78 Å². The minimum Gasteiger partial charge on any atom is -0.396 e. The standard InChI is InChI=1S/C14H19F2NO/c15-14(16,12-6-2-1-3-7-12)10-17-13-8-4-5-11(13)9-18/h1-3,6-7,11,13,17-18H,4-5,8-10H2. The molecular formula is C14H19F2NO. The summed E-state index contributed by atoms with van der Waals surface area (Å²) in [6.45, 7) is -0.285. The van der Waals surface area contributed by atoms with Crippen LogP contribution in [-0.2, 0) is 5.92 Å². The second-order valence-electron chi connectivity index (χ2n) is 4.93. The summed E-state index contributed by atoms with van der Waals surface area (Å²) in [5.41, 5.74) is 0.0380. The third-order valence-corrected chi connectivity index (χ3v) is 3.68. The van der Waals surface area contributed by atoms with Crippen LogP contribution in [0.15, 0.2) is 30.3 Å². The molecule has 2 N–H and O–H groups in total. The number of hydrogen-bond donors (Lipinski definition) is 2. The van der Waals surface area contributed by atoms with Gasteiger partial charge in [-0.3, -0.25) is 0 Å². The van der Waals surface area contributed by atoms with E-state index in [0.29, 0.717) is 0 Å². The molecule has 2 atom stereocenters. The first-order valence-corrected chi connectivity index (χ1v) is 6.41. The summed E-state index contributed by atoms with van der Waals surface area (Å²) in [5, 5.41) is 12.1. The monoisotopic (exact) mass is 255 g/mol. The summed E-state index contributed by atoms with van der Waals surface area (Å²) in [7, 11) is 0. The van der Waals surface area contributed by atoms with E-state index in [1.54, 1.807) is 18.2 Å². The van der Waals surface area contributed by atoms with E-state index < -0.39 is 5.92 Å². The molecule has 18 heavy (non-hydrogen) atoms. The van der Waals surface area contributed by atoms with E-state index in [0.717, 1.165) is 19.3 Å². The molecule has 0 heterocycles. The van der Waals surface area contributed by atoms with Gasteiger partial charge < -0.3 is 10.4 Å². The first-order chi connectivity index (χ1) is 8.63. The largest absolute Gasteiger partial charge is 0.396 e. The van der Waals surface area contributed by atoms with Crippen LogP contribution in [0.3, 0.4) is 0 Å². The number of hydrogen-bond acceptors (Lipinski definition) is 2. The molecule has 1 aliphatic rings. The van der Waals surface area contributed by atoms with E-state index in [2.05, 4.69) is 5.32 Å². The van der Waals surface area contributed by atoms with Gasteiger partial charge in [-0.1, -0.05) is 36.8 Å². The Morgan fingerprint density at radius 3 is 2.61 bits per heavy atom. The zero-order chi connectivity index (χ0) is 13.0. The molecule has 0 radical (unpaired) electrons. The molecule has 2 rings (SSSR count). The van der Waals surface area contributed by atoms with Crippen molar-refractivity contribution in [1.82, 2.24) is 5.32 Å². The smallest absolute Gasteiger partial charge is 0.285 e. The van der Waals surface area contributed by atoms with E-state index in [4.69, 9.17) is 5.11 Å². The van der Waals surface area contributed by atoms with Gasteiger partial charge in [-0.05, 0) is 18.8 Å². The molecule has 0 aliphatic heterocycles. The van der Waals surface area contributed by atoms with Gasteiger partial charge in [-0.25, -0.2) is 0 Å². The molecule has 1 aliphatic carbocycles. The van der Waals surface area contributed by atoms with E-state index in [9.17, 15) is 8.78 Å². The van der Waals surface area contributed by atoms with Crippen molar-refractivity contribution in [2.24, 2.45) is 5.92 Å². The number of rotatable bonds is 5. The fraction of sp³-hybridized carbons (Fsp3) is 0.571. The Balaban J connectivity index is 1.93. The van der Waals surface area contributed by atoms with Gasteiger partial charge in [0.1, 0.15) is 0 Å². The van der Waals surface area contributed by atoms with Crippen LogP contribution in [0.2, 0.25) is 0 Å². The van der Waals surface area contributed by atoms with Crippen LogP contribution in [-0.4, -0.2) is 24.3 Å². The molecule has 2 unspecified atom stereocenters. The van der Waals surface area contributed by atoms with E-state index in [1.165, 1.54) is 12.1 Å². The molecule has 1 aromatic carbocycles. The number of aliphatic hydroxyl groups is 1. The zero-order valence-corrected chi connectivity index (χ0v) is 10.3. The number of aliphatic hydroxyl groups excluding tert-OH is 1. The summed E-state index contributed by atoms with van der Waals surface area (Å²) < 4.78 is 27.8. The molecule has 100 valence electrons. The number of alkyl halides is 2. The van der Waals surface area contributed by atoms with Crippen molar-refractivity contribution < 1.29 is 13.9 Å². The normalized spacial score (nSPS) is 24.4. The topological polar surface area (TPSA) is 32.3 Å². The Labute approximate surface area is 106 Å². The summed E-state index contributed by atoms with van der Waals surface area (Å²) in [5.74, 6) is -2.74. The van der Waals surface area contributed by atoms with Crippen LogP contribution >= 0.6 is 0 Å². The molecule has 0 amide bonds. The second kappa shape index (κ2) is 5.76. The maximum Gasteiger partial charge on any atom is 0.285 e. The van der Waals surface area contributed by atoms with Crippen molar-refractivity contribution in [2.75, 3.05) is 13.2 Å². The number of nitrogens with one attached hydrogen (secondary N) is 1. The first-order valence-electron chi connectivity index (χ1n) is 6.41. The van der Waals surface area contributed by atoms with Gasteiger partial charge in [-0.15, -0.1) is 0 Å². The number of halogens is 2. The Hall–Kier alpha value is -1.00. The lowest BCUT2D eigenvalue weighted by Crippen LogP contribution is -2.40. The average molecular weight is 255 g/mol. The van der Waals surface area contributed by atoms with Crippen LogP contribution in [0.5, 0.6) is 0 Å². The van der Waals surface area contributed by atoms with Gasteiger partial charge >= 0.3 is 0 Å². The molecule has 4 heteroatoms. The third-order valence-electron chi connectivity index (χ3n) is 3.68. The van der Waals surface area contributed by atoms with Crippen LogP contribution in [0.25, 0.3) is 0 Å². The molecule has 0 aromatic heterocycles. The van der Waals surface area contributed by atoms with Crippen molar-refractivity contribution in [1.29, 1.82) is 0 Å². The van der Waals surface area contributed by atoms with Crippen molar-refractivity contribution in [3.63, 3.8) is 0 Å². The third kappa shape index (κ3) is 3.06. The lowest BCUT2D eigenvalue weighted by Gasteiger charge is -2.23. The summed E-state index contributed by atoms with van der Waals surface area (Å²) in [6, 6.07) is 7.88. The fourth-order valence-electron chi connectivity index (χ4n) is 2.57. The number of benzene rings is 1. The average Bonchev–Trinajstić information content (AvgIpc) is 2.85. The quantitative estimate of drug-likeness (QED) is 0.847. The maximum atomic E-state index is 13.9. The molecule has 1 aromatic rings. The Morgan fingerprint density at radius 2 is 1.94 bits per heavy atom. The highest BCUT2D eigenvalue weighted by Gasteiger charge is 2.34. The highest BCUT2D eigenvalue weighted by Crippen LogP contribution is 2.29. The predicted octanol–water partition coefficient (Wildman–Crippen LogP) is 2.53. The molecule has 0 saturated heterocycles. The van der Waals surface area contributed by atoms with Gasteiger partial charge in [0, 0.05) is 18.2 Å². The molecule has 0 bridgehead atoms. The molecular weight excluding hydrogens is 236 g/mol. The van der Waals surface area contributed by atoms with Crippen molar-refractivity contribution in [2.45, 2.75) is 31.2 Å². The van der Waals surface area contributed by atoms with Crippen LogP contribution < -0.4 is 5.32 Å². The van der Waals surface area contributed by atoms with Crippen molar-refractivity contribution in [3.05, 3.63) is 35.9 Å². The zero-order valence-electron chi connectivity index (χ0n) is 10.3.